The first-order valence-electron chi connectivity index (χ1n) is 4.65. The van der Waals surface area contributed by atoms with E-state index in [9.17, 15) is 8.42 Å². The zero-order valence-electron chi connectivity index (χ0n) is 8.73. The zero-order valence-corrected chi connectivity index (χ0v) is 9.55. The highest BCUT2D eigenvalue weighted by atomic mass is 32.2. The Morgan fingerprint density at radius 2 is 1.93 bits per heavy atom. The Bertz CT molecular complexity index is 227. The zero-order chi connectivity index (χ0) is 11.0. The van der Waals surface area contributed by atoms with Crippen molar-refractivity contribution in [3.8, 4) is 0 Å². The van der Waals surface area contributed by atoms with Crippen LogP contribution in [0.4, 0.5) is 0 Å². The van der Waals surface area contributed by atoms with Gasteiger partial charge in [0.15, 0.2) is 0 Å². The number of hydrogen-bond donors (Lipinski definition) is 1. The second kappa shape index (κ2) is 7.17. The summed E-state index contributed by atoms with van der Waals surface area (Å²) in [5.41, 5.74) is 0. The first kappa shape index (κ1) is 13.8. The molecule has 0 aromatic carbocycles. The summed E-state index contributed by atoms with van der Waals surface area (Å²) in [4.78, 5) is 0. The SMILES string of the molecule is CCC(C)OCCOCCS(N)(=O)=O. The van der Waals surface area contributed by atoms with E-state index in [0.717, 1.165) is 6.42 Å². The third kappa shape index (κ3) is 9.91. The van der Waals surface area contributed by atoms with Crippen LogP contribution in [0.15, 0.2) is 0 Å². The number of primary sulfonamides is 1. The predicted octanol–water partition coefficient (Wildman–Crippen LogP) is 0.107. The summed E-state index contributed by atoms with van der Waals surface area (Å²) in [6.45, 7) is 5.03. The van der Waals surface area contributed by atoms with E-state index < -0.39 is 10.0 Å². The van der Waals surface area contributed by atoms with Crippen molar-refractivity contribution >= 4 is 10.0 Å². The quantitative estimate of drug-likeness (QED) is 0.594. The average Bonchev–Trinajstić information content (AvgIpc) is 2.08. The summed E-state index contributed by atoms with van der Waals surface area (Å²) >= 11 is 0. The lowest BCUT2D eigenvalue weighted by atomic mass is 10.3. The maximum absolute atomic E-state index is 10.5. The highest BCUT2D eigenvalue weighted by Gasteiger charge is 2.02. The second-order valence-electron chi connectivity index (χ2n) is 3.07. The summed E-state index contributed by atoms with van der Waals surface area (Å²) in [6.07, 6.45) is 1.17. The monoisotopic (exact) mass is 225 g/mol. The van der Waals surface area contributed by atoms with Crippen LogP contribution in [0.5, 0.6) is 0 Å². The first-order valence-corrected chi connectivity index (χ1v) is 6.37. The van der Waals surface area contributed by atoms with Gasteiger partial charge in [-0.15, -0.1) is 0 Å². The molecule has 0 amide bonds. The number of ether oxygens (including phenoxy) is 2. The van der Waals surface area contributed by atoms with Crippen LogP contribution >= 0.6 is 0 Å². The van der Waals surface area contributed by atoms with Gasteiger partial charge >= 0.3 is 0 Å². The highest BCUT2D eigenvalue weighted by Crippen LogP contribution is 1.94. The van der Waals surface area contributed by atoms with Crippen LogP contribution in [0.3, 0.4) is 0 Å². The van der Waals surface area contributed by atoms with Crippen molar-refractivity contribution in [1.82, 2.24) is 0 Å². The highest BCUT2D eigenvalue weighted by molar-refractivity contribution is 7.89. The van der Waals surface area contributed by atoms with Gasteiger partial charge in [-0.25, -0.2) is 13.6 Å². The number of rotatable bonds is 8. The molecule has 2 N–H and O–H groups in total. The Balaban J connectivity index is 3.23. The van der Waals surface area contributed by atoms with E-state index in [1.807, 2.05) is 13.8 Å². The van der Waals surface area contributed by atoms with E-state index in [1.54, 1.807) is 0 Å². The number of nitrogens with two attached hydrogens (primary N) is 1. The third-order valence-electron chi connectivity index (χ3n) is 1.72. The second-order valence-corrected chi connectivity index (χ2v) is 4.80. The predicted molar refractivity (Wildman–Crippen MR) is 54.5 cm³/mol. The van der Waals surface area contributed by atoms with Crippen molar-refractivity contribution in [1.29, 1.82) is 0 Å². The van der Waals surface area contributed by atoms with Crippen molar-refractivity contribution < 1.29 is 17.9 Å². The average molecular weight is 225 g/mol. The lowest BCUT2D eigenvalue weighted by Gasteiger charge is -2.10. The topological polar surface area (TPSA) is 78.6 Å². The molecule has 14 heavy (non-hydrogen) atoms. The molecule has 86 valence electrons. The summed E-state index contributed by atoms with van der Waals surface area (Å²) < 4.78 is 31.3. The maximum atomic E-state index is 10.5. The van der Waals surface area contributed by atoms with Gasteiger partial charge < -0.3 is 9.47 Å². The van der Waals surface area contributed by atoms with E-state index in [2.05, 4.69) is 0 Å². The molecule has 1 atom stereocenters. The van der Waals surface area contributed by atoms with Crippen LogP contribution in [-0.4, -0.2) is 40.1 Å². The Morgan fingerprint density at radius 1 is 1.29 bits per heavy atom. The van der Waals surface area contributed by atoms with Gasteiger partial charge in [-0.2, -0.15) is 0 Å². The van der Waals surface area contributed by atoms with Crippen LogP contribution in [0.1, 0.15) is 20.3 Å². The van der Waals surface area contributed by atoms with Gasteiger partial charge in [-0.1, -0.05) is 6.92 Å². The number of hydrogen-bond acceptors (Lipinski definition) is 4. The van der Waals surface area contributed by atoms with Gasteiger partial charge in [0.2, 0.25) is 10.0 Å². The van der Waals surface area contributed by atoms with Crippen molar-refractivity contribution in [2.24, 2.45) is 5.14 Å². The summed E-state index contributed by atoms with van der Waals surface area (Å²) in [6, 6.07) is 0. The molecular weight excluding hydrogens is 206 g/mol. The first-order chi connectivity index (χ1) is 6.45. The Kier molecular flexibility index (Phi) is 7.08. The Labute approximate surface area is 85.6 Å². The third-order valence-corrected chi connectivity index (χ3v) is 2.45. The molecule has 0 aliphatic carbocycles. The van der Waals surface area contributed by atoms with Gasteiger partial charge in [0.1, 0.15) is 0 Å². The van der Waals surface area contributed by atoms with Crippen LogP contribution in [0.25, 0.3) is 0 Å². The summed E-state index contributed by atoms with van der Waals surface area (Å²) in [5.74, 6) is -0.143. The molecule has 0 spiro atoms. The maximum Gasteiger partial charge on any atom is 0.211 e. The van der Waals surface area contributed by atoms with E-state index in [4.69, 9.17) is 14.6 Å². The fourth-order valence-corrected chi connectivity index (χ4v) is 1.05. The normalized spacial score (nSPS) is 14.2. The molecule has 0 aromatic rings. The Hall–Kier alpha value is -0.170. The summed E-state index contributed by atoms with van der Waals surface area (Å²) in [7, 11) is -3.40. The minimum atomic E-state index is -3.40. The fraction of sp³-hybridized carbons (Fsp3) is 1.00. The van der Waals surface area contributed by atoms with E-state index >= 15 is 0 Å². The molecule has 0 saturated carbocycles. The molecule has 0 bridgehead atoms. The molecule has 0 aliphatic rings. The van der Waals surface area contributed by atoms with Gasteiger partial charge in [0.05, 0.1) is 31.7 Å². The van der Waals surface area contributed by atoms with Crippen molar-refractivity contribution in [3.05, 3.63) is 0 Å². The van der Waals surface area contributed by atoms with E-state index in [0.29, 0.717) is 13.2 Å². The molecule has 5 nitrogen and oxygen atoms in total. The van der Waals surface area contributed by atoms with Crippen LogP contribution in [0, 0.1) is 0 Å². The standard InChI is InChI=1S/C8H19NO4S/c1-3-8(2)13-5-4-12-6-7-14(9,10)11/h8H,3-7H2,1-2H3,(H2,9,10,11). The molecule has 0 aromatic heterocycles. The molecule has 0 saturated heterocycles. The fourth-order valence-electron chi connectivity index (χ4n) is 0.703. The lowest BCUT2D eigenvalue weighted by molar-refractivity contribution is 0.0145. The summed E-state index contributed by atoms with van der Waals surface area (Å²) in [5, 5.41) is 4.78. The van der Waals surface area contributed by atoms with Crippen LogP contribution in [0.2, 0.25) is 0 Å². The van der Waals surface area contributed by atoms with Gasteiger partial charge in [0.25, 0.3) is 0 Å². The van der Waals surface area contributed by atoms with Gasteiger partial charge in [0, 0.05) is 0 Å². The van der Waals surface area contributed by atoms with Crippen molar-refractivity contribution in [2.75, 3.05) is 25.6 Å². The molecule has 0 rings (SSSR count). The van der Waals surface area contributed by atoms with Gasteiger partial charge in [-0.05, 0) is 13.3 Å². The van der Waals surface area contributed by atoms with Crippen LogP contribution in [-0.2, 0) is 19.5 Å². The minimum absolute atomic E-state index is 0.128. The van der Waals surface area contributed by atoms with Crippen molar-refractivity contribution in [2.45, 2.75) is 26.4 Å². The van der Waals surface area contributed by atoms with Gasteiger partial charge in [-0.3, -0.25) is 0 Å². The Morgan fingerprint density at radius 3 is 2.43 bits per heavy atom. The molecule has 1 unspecified atom stereocenters. The minimum Gasteiger partial charge on any atom is -0.378 e. The lowest BCUT2D eigenvalue weighted by Crippen LogP contribution is -2.21. The van der Waals surface area contributed by atoms with Crippen LogP contribution < -0.4 is 5.14 Å². The van der Waals surface area contributed by atoms with Crippen molar-refractivity contribution in [3.63, 3.8) is 0 Å². The largest absolute Gasteiger partial charge is 0.378 e. The molecule has 0 radical (unpaired) electrons. The van der Waals surface area contributed by atoms with E-state index in [-0.39, 0.29) is 18.5 Å². The molecule has 0 fully saturated rings. The smallest absolute Gasteiger partial charge is 0.211 e. The molecule has 0 heterocycles. The molecule has 0 aliphatic heterocycles. The molecular formula is C8H19NO4S. The number of sulfonamides is 1. The molecule has 6 heteroatoms. The van der Waals surface area contributed by atoms with E-state index in [1.165, 1.54) is 0 Å².